The number of carbonyl (C=O) groups is 2. The van der Waals surface area contributed by atoms with Crippen molar-refractivity contribution in [3.05, 3.63) is 42.1 Å². The van der Waals surface area contributed by atoms with E-state index in [1.807, 2.05) is 37.3 Å². The molecule has 0 aliphatic carbocycles. The zero-order valence-corrected chi connectivity index (χ0v) is 13.2. The summed E-state index contributed by atoms with van der Waals surface area (Å²) in [6, 6.07) is 11.2. The molecule has 5 nitrogen and oxygen atoms in total. The Labute approximate surface area is 135 Å². The number of ether oxygens (including phenoxy) is 1. The number of nitrogens with zero attached hydrogens (tertiary/aromatic N) is 2. The fourth-order valence-corrected chi connectivity index (χ4v) is 2.93. The van der Waals surface area contributed by atoms with Crippen molar-refractivity contribution in [3.8, 4) is 0 Å². The van der Waals surface area contributed by atoms with Crippen molar-refractivity contribution in [3.63, 3.8) is 0 Å². The summed E-state index contributed by atoms with van der Waals surface area (Å²) >= 11 is 0. The SMILES string of the molecule is C[C@@H]1CCCCN1C(=O)COC(=O)c1ccc2ccccc2n1. The molecule has 2 heterocycles. The smallest absolute Gasteiger partial charge is 0.357 e. The van der Waals surface area contributed by atoms with Gasteiger partial charge in [0.05, 0.1) is 5.52 Å². The lowest BCUT2D eigenvalue weighted by Gasteiger charge is -2.33. The van der Waals surface area contributed by atoms with Crippen LogP contribution in [0.25, 0.3) is 10.9 Å². The van der Waals surface area contributed by atoms with Crippen LogP contribution in [-0.4, -0.2) is 41.0 Å². The summed E-state index contributed by atoms with van der Waals surface area (Å²) in [6.45, 7) is 2.55. The molecule has 23 heavy (non-hydrogen) atoms. The molecule has 1 aromatic carbocycles. The highest BCUT2D eigenvalue weighted by Gasteiger charge is 2.24. The van der Waals surface area contributed by atoms with E-state index in [2.05, 4.69) is 4.98 Å². The van der Waals surface area contributed by atoms with Gasteiger partial charge >= 0.3 is 5.97 Å². The Morgan fingerprint density at radius 3 is 2.87 bits per heavy atom. The van der Waals surface area contributed by atoms with Crippen LogP contribution in [0, 0.1) is 0 Å². The molecule has 0 saturated carbocycles. The van der Waals surface area contributed by atoms with E-state index in [-0.39, 0.29) is 24.2 Å². The number of hydrogen-bond donors (Lipinski definition) is 0. The van der Waals surface area contributed by atoms with Crippen LogP contribution in [0.2, 0.25) is 0 Å². The molecule has 120 valence electrons. The lowest BCUT2D eigenvalue weighted by molar-refractivity contribution is -0.137. The molecule has 1 amide bonds. The van der Waals surface area contributed by atoms with Gasteiger partial charge in [-0.2, -0.15) is 0 Å². The number of piperidine rings is 1. The number of esters is 1. The molecule has 1 aromatic heterocycles. The molecule has 1 fully saturated rings. The zero-order chi connectivity index (χ0) is 16.2. The summed E-state index contributed by atoms with van der Waals surface area (Å²) in [5, 5.41) is 0.960. The summed E-state index contributed by atoms with van der Waals surface area (Å²) < 4.78 is 5.15. The Kier molecular flexibility index (Phi) is 4.55. The van der Waals surface area contributed by atoms with Gasteiger partial charge in [0.15, 0.2) is 6.61 Å². The third-order valence-corrected chi connectivity index (χ3v) is 4.26. The van der Waals surface area contributed by atoms with Gasteiger partial charge in [0.1, 0.15) is 5.69 Å². The molecule has 0 bridgehead atoms. The molecule has 1 aliphatic heterocycles. The number of rotatable bonds is 3. The first-order valence-electron chi connectivity index (χ1n) is 7.97. The van der Waals surface area contributed by atoms with Gasteiger partial charge in [-0.3, -0.25) is 4.79 Å². The van der Waals surface area contributed by atoms with Gasteiger partial charge in [-0.15, -0.1) is 0 Å². The Balaban J connectivity index is 1.62. The molecule has 0 unspecified atom stereocenters. The standard InChI is InChI=1S/C18H20N2O3/c1-13-6-4-5-11-20(13)17(21)12-23-18(22)16-10-9-14-7-2-3-8-15(14)19-16/h2-3,7-10,13H,4-6,11-12H2,1H3/t13-/m1/s1. The molecule has 1 aliphatic rings. The van der Waals surface area contributed by atoms with Gasteiger partial charge in [0, 0.05) is 18.0 Å². The van der Waals surface area contributed by atoms with Crippen molar-refractivity contribution in [2.75, 3.05) is 13.2 Å². The minimum Gasteiger partial charge on any atom is -0.451 e. The zero-order valence-electron chi connectivity index (χ0n) is 13.2. The van der Waals surface area contributed by atoms with E-state index < -0.39 is 5.97 Å². The Bertz CT molecular complexity index is 729. The predicted octanol–water partition coefficient (Wildman–Crippen LogP) is 2.79. The van der Waals surface area contributed by atoms with E-state index >= 15 is 0 Å². The van der Waals surface area contributed by atoms with Crippen LogP contribution in [0.5, 0.6) is 0 Å². The van der Waals surface area contributed by atoms with Crippen molar-refractivity contribution in [2.45, 2.75) is 32.2 Å². The van der Waals surface area contributed by atoms with Crippen molar-refractivity contribution >= 4 is 22.8 Å². The minimum absolute atomic E-state index is 0.133. The van der Waals surface area contributed by atoms with Crippen molar-refractivity contribution in [2.24, 2.45) is 0 Å². The maximum atomic E-state index is 12.2. The average Bonchev–Trinajstić information content (AvgIpc) is 2.59. The Hall–Kier alpha value is -2.43. The molecule has 0 N–H and O–H groups in total. The summed E-state index contributed by atoms with van der Waals surface area (Å²) in [5.74, 6) is -0.694. The second-order valence-corrected chi connectivity index (χ2v) is 5.90. The van der Waals surface area contributed by atoms with Gasteiger partial charge in [-0.05, 0) is 38.3 Å². The number of likely N-dealkylation sites (tertiary alicyclic amines) is 1. The first-order valence-corrected chi connectivity index (χ1v) is 7.97. The van der Waals surface area contributed by atoms with Gasteiger partial charge in [0.2, 0.25) is 0 Å². The number of pyridine rings is 1. The van der Waals surface area contributed by atoms with Gasteiger partial charge in [-0.1, -0.05) is 24.3 Å². The van der Waals surface area contributed by atoms with Gasteiger partial charge < -0.3 is 9.64 Å². The van der Waals surface area contributed by atoms with Crippen molar-refractivity contribution in [1.29, 1.82) is 0 Å². The molecule has 5 heteroatoms. The number of hydrogen-bond acceptors (Lipinski definition) is 4. The minimum atomic E-state index is -0.561. The van der Waals surface area contributed by atoms with Crippen LogP contribution < -0.4 is 0 Å². The van der Waals surface area contributed by atoms with Gasteiger partial charge in [-0.25, -0.2) is 9.78 Å². The normalized spacial score (nSPS) is 18.0. The Morgan fingerprint density at radius 1 is 1.22 bits per heavy atom. The summed E-state index contributed by atoms with van der Waals surface area (Å²) in [7, 11) is 0. The van der Waals surface area contributed by atoms with Crippen molar-refractivity contribution < 1.29 is 14.3 Å². The van der Waals surface area contributed by atoms with Crippen LogP contribution in [0.1, 0.15) is 36.7 Å². The second kappa shape index (κ2) is 6.77. The number of benzene rings is 1. The van der Waals surface area contributed by atoms with E-state index in [4.69, 9.17) is 4.74 Å². The molecule has 0 spiro atoms. The molecular formula is C18H20N2O3. The topological polar surface area (TPSA) is 59.5 Å². The van der Waals surface area contributed by atoms with E-state index in [1.165, 1.54) is 0 Å². The van der Waals surface area contributed by atoms with Crippen LogP contribution in [0.3, 0.4) is 0 Å². The Morgan fingerprint density at radius 2 is 2.04 bits per heavy atom. The van der Waals surface area contributed by atoms with Crippen LogP contribution >= 0.6 is 0 Å². The molecule has 1 atom stereocenters. The highest BCUT2D eigenvalue weighted by molar-refractivity contribution is 5.92. The molecular weight excluding hydrogens is 292 g/mol. The highest BCUT2D eigenvalue weighted by Crippen LogP contribution is 2.17. The van der Waals surface area contributed by atoms with E-state index in [1.54, 1.807) is 11.0 Å². The molecule has 1 saturated heterocycles. The number of amides is 1. The third kappa shape index (κ3) is 3.50. The number of fused-ring (bicyclic) bond motifs is 1. The number of aromatic nitrogens is 1. The van der Waals surface area contributed by atoms with Crippen LogP contribution in [0.15, 0.2) is 36.4 Å². The van der Waals surface area contributed by atoms with E-state index in [0.29, 0.717) is 0 Å². The second-order valence-electron chi connectivity index (χ2n) is 5.90. The first kappa shape index (κ1) is 15.5. The summed E-state index contributed by atoms with van der Waals surface area (Å²) in [5.41, 5.74) is 0.959. The largest absolute Gasteiger partial charge is 0.451 e. The lowest BCUT2D eigenvalue weighted by Crippen LogP contribution is -2.44. The number of para-hydroxylation sites is 1. The fraction of sp³-hybridized carbons (Fsp3) is 0.389. The van der Waals surface area contributed by atoms with Crippen molar-refractivity contribution in [1.82, 2.24) is 9.88 Å². The summed E-state index contributed by atoms with van der Waals surface area (Å²) in [6.07, 6.45) is 3.16. The third-order valence-electron chi connectivity index (χ3n) is 4.26. The predicted molar refractivity (Wildman–Crippen MR) is 87.1 cm³/mol. The molecule has 3 rings (SSSR count). The van der Waals surface area contributed by atoms with E-state index in [0.717, 1.165) is 36.7 Å². The molecule has 2 aromatic rings. The summed E-state index contributed by atoms with van der Waals surface area (Å²) in [4.78, 5) is 30.4. The van der Waals surface area contributed by atoms with Crippen LogP contribution in [0.4, 0.5) is 0 Å². The maximum Gasteiger partial charge on any atom is 0.357 e. The van der Waals surface area contributed by atoms with Gasteiger partial charge in [0.25, 0.3) is 5.91 Å². The fourth-order valence-electron chi connectivity index (χ4n) is 2.93. The quantitative estimate of drug-likeness (QED) is 0.818. The number of carbonyl (C=O) groups excluding carboxylic acids is 2. The maximum absolute atomic E-state index is 12.2. The average molecular weight is 312 g/mol. The highest BCUT2D eigenvalue weighted by atomic mass is 16.5. The van der Waals surface area contributed by atoms with Crippen LogP contribution in [-0.2, 0) is 9.53 Å². The molecule has 0 radical (unpaired) electrons. The monoisotopic (exact) mass is 312 g/mol. The lowest BCUT2D eigenvalue weighted by atomic mass is 10.0. The first-order chi connectivity index (χ1) is 11.1. The van der Waals surface area contributed by atoms with E-state index in [9.17, 15) is 9.59 Å².